The molecule has 0 amide bonds. The van der Waals surface area contributed by atoms with Gasteiger partial charge in [0.15, 0.2) is 0 Å². The summed E-state index contributed by atoms with van der Waals surface area (Å²) in [5, 5.41) is 5.66. The Morgan fingerprint density at radius 1 is 1.33 bits per heavy atom. The standard InChI is InChI=1S/C15H17NS2/c1-3-9-17-14-7-5-4-6-13(14)16-11-15-12(2)8-10-18-15/h3-8,10,16H,1,9,11H2,2H3. The number of benzene rings is 1. The summed E-state index contributed by atoms with van der Waals surface area (Å²) in [7, 11) is 0. The highest BCUT2D eigenvalue weighted by atomic mass is 32.2. The molecule has 0 radical (unpaired) electrons. The van der Waals surface area contributed by atoms with Crippen molar-refractivity contribution in [2.75, 3.05) is 11.1 Å². The van der Waals surface area contributed by atoms with E-state index in [0.29, 0.717) is 0 Å². The molecule has 0 aliphatic heterocycles. The van der Waals surface area contributed by atoms with E-state index in [1.807, 2.05) is 29.2 Å². The normalized spacial score (nSPS) is 10.3. The molecule has 1 aromatic carbocycles. The maximum atomic E-state index is 3.76. The molecule has 0 saturated heterocycles. The number of hydrogen-bond acceptors (Lipinski definition) is 3. The lowest BCUT2D eigenvalue weighted by molar-refractivity contribution is 1.15. The molecule has 3 heteroatoms. The van der Waals surface area contributed by atoms with Gasteiger partial charge in [-0.3, -0.25) is 0 Å². The first-order valence-electron chi connectivity index (χ1n) is 5.91. The highest BCUT2D eigenvalue weighted by Gasteiger charge is 2.03. The van der Waals surface area contributed by atoms with E-state index < -0.39 is 0 Å². The first kappa shape index (κ1) is 13.2. The molecule has 1 aromatic heterocycles. The van der Waals surface area contributed by atoms with Crippen molar-refractivity contribution in [3.05, 3.63) is 58.8 Å². The third kappa shape index (κ3) is 3.40. The Bertz CT molecular complexity index is 517. The number of nitrogens with one attached hydrogen (secondary N) is 1. The molecular weight excluding hydrogens is 258 g/mol. The van der Waals surface area contributed by atoms with E-state index in [0.717, 1.165) is 12.3 Å². The van der Waals surface area contributed by atoms with Gasteiger partial charge in [-0.05, 0) is 36.1 Å². The van der Waals surface area contributed by atoms with Crippen molar-refractivity contribution >= 4 is 28.8 Å². The van der Waals surface area contributed by atoms with Crippen LogP contribution in [0.5, 0.6) is 0 Å². The van der Waals surface area contributed by atoms with Crippen molar-refractivity contribution in [1.82, 2.24) is 0 Å². The van der Waals surface area contributed by atoms with Gasteiger partial charge in [-0.25, -0.2) is 0 Å². The number of thioether (sulfide) groups is 1. The van der Waals surface area contributed by atoms with Gasteiger partial charge >= 0.3 is 0 Å². The molecule has 0 bridgehead atoms. The van der Waals surface area contributed by atoms with Crippen molar-refractivity contribution in [1.29, 1.82) is 0 Å². The predicted octanol–water partition coefficient (Wildman–Crippen LogP) is 4.95. The zero-order valence-electron chi connectivity index (χ0n) is 10.5. The number of anilines is 1. The summed E-state index contributed by atoms with van der Waals surface area (Å²) < 4.78 is 0. The Morgan fingerprint density at radius 3 is 2.89 bits per heavy atom. The van der Waals surface area contributed by atoms with Crippen molar-refractivity contribution in [3.8, 4) is 0 Å². The molecule has 94 valence electrons. The largest absolute Gasteiger partial charge is 0.379 e. The molecule has 0 fully saturated rings. The van der Waals surface area contributed by atoms with Crippen LogP contribution < -0.4 is 5.32 Å². The van der Waals surface area contributed by atoms with Crippen LogP contribution in [-0.4, -0.2) is 5.75 Å². The van der Waals surface area contributed by atoms with Crippen molar-refractivity contribution in [3.63, 3.8) is 0 Å². The Morgan fingerprint density at radius 2 is 2.17 bits per heavy atom. The molecule has 0 unspecified atom stereocenters. The molecule has 0 saturated carbocycles. The molecule has 0 atom stereocenters. The average molecular weight is 275 g/mol. The van der Waals surface area contributed by atoms with Crippen molar-refractivity contribution in [2.45, 2.75) is 18.4 Å². The van der Waals surface area contributed by atoms with Crippen LogP contribution >= 0.6 is 23.1 Å². The van der Waals surface area contributed by atoms with Crippen molar-refractivity contribution < 1.29 is 0 Å². The Balaban J connectivity index is 2.04. The van der Waals surface area contributed by atoms with Gasteiger partial charge in [-0.2, -0.15) is 0 Å². The third-order valence-electron chi connectivity index (χ3n) is 2.65. The Kier molecular flexibility index (Phi) is 4.90. The van der Waals surface area contributed by atoms with Gasteiger partial charge in [-0.1, -0.05) is 18.2 Å². The lowest BCUT2D eigenvalue weighted by Crippen LogP contribution is -1.99. The Hall–Kier alpha value is -1.19. The van der Waals surface area contributed by atoms with E-state index in [-0.39, 0.29) is 0 Å². The number of thiophene rings is 1. The minimum absolute atomic E-state index is 0.898. The average Bonchev–Trinajstić information content (AvgIpc) is 2.80. The predicted molar refractivity (Wildman–Crippen MR) is 83.7 cm³/mol. The van der Waals surface area contributed by atoms with Crippen LogP contribution in [0.1, 0.15) is 10.4 Å². The van der Waals surface area contributed by atoms with E-state index >= 15 is 0 Å². The molecule has 2 aromatic rings. The summed E-state index contributed by atoms with van der Waals surface area (Å²) in [6.45, 7) is 6.82. The number of aryl methyl sites for hydroxylation is 1. The lowest BCUT2D eigenvalue weighted by atomic mass is 10.2. The van der Waals surface area contributed by atoms with Gasteiger partial charge in [0.25, 0.3) is 0 Å². The van der Waals surface area contributed by atoms with Crippen LogP contribution in [-0.2, 0) is 6.54 Å². The number of rotatable bonds is 6. The van der Waals surface area contributed by atoms with E-state index in [2.05, 4.69) is 54.5 Å². The second-order valence-electron chi connectivity index (χ2n) is 3.98. The fraction of sp³-hybridized carbons (Fsp3) is 0.200. The highest BCUT2D eigenvalue weighted by Crippen LogP contribution is 2.28. The summed E-state index contributed by atoms with van der Waals surface area (Å²) in [5.74, 6) is 0.941. The van der Waals surface area contributed by atoms with Crippen LogP contribution in [0.3, 0.4) is 0 Å². The molecule has 18 heavy (non-hydrogen) atoms. The summed E-state index contributed by atoms with van der Waals surface area (Å²) in [6, 6.07) is 10.6. The summed E-state index contributed by atoms with van der Waals surface area (Å²) in [5.41, 5.74) is 2.57. The molecular formula is C15H17NS2. The van der Waals surface area contributed by atoms with Gasteiger partial charge in [0.1, 0.15) is 0 Å². The SMILES string of the molecule is C=CCSc1ccccc1NCc1sccc1C. The number of hydrogen-bond donors (Lipinski definition) is 1. The van der Waals surface area contributed by atoms with Gasteiger partial charge in [0.05, 0.1) is 0 Å². The molecule has 0 spiro atoms. The maximum absolute atomic E-state index is 3.76. The quantitative estimate of drug-likeness (QED) is 0.591. The van der Waals surface area contributed by atoms with Gasteiger partial charge < -0.3 is 5.32 Å². The first-order valence-corrected chi connectivity index (χ1v) is 7.77. The zero-order chi connectivity index (χ0) is 12.8. The fourth-order valence-electron chi connectivity index (χ4n) is 1.65. The molecule has 0 aliphatic carbocycles. The second kappa shape index (κ2) is 6.66. The van der Waals surface area contributed by atoms with E-state index in [9.17, 15) is 0 Å². The number of para-hydroxylation sites is 1. The molecule has 2 rings (SSSR count). The van der Waals surface area contributed by atoms with Gasteiger partial charge in [0.2, 0.25) is 0 Å². The van der Waals surface area contributed by atoms with E-state index in [1.165, 1.54) is 21.0 Å². The van der Waals surface area contributed by atoms with E-state index in [4.69, 9.17) is 0 Å². The first-order chi connectivity index (χ1) is 8.81. The monoisotopic (exact) mass is 275 g/mol. The minimum Gasteiger partial charge on any atom is -0.379 e. The van der Waals surface area contributed by atoms with Gasteiger partial charge in [0, 0.05) is 27.8 Å². The second-order valence-corrected chi connectivity index (χ2v) is 6.04. The van der Waals surface area contributed by atoms with Crippen LogP contribution in [0, 0.1) is 6.92 Å². The maximum Gasteiger partial charge on any atom is 0.0497 e. The van der Waals surface area contributed by atoms with Crippen LogP contribution in [0.15, 0.2) is 53.3 Å². The summed E-state index contributed by atoms with van der Waals surface area (Å²) in [6.07, 6.45) is 1.94. The van der Waals surface area contributed by atoms with Crippen LogP contribution in [0.2, 0.25) is 0 Å². The molecule has 1 nitrogen and oxygen atoms in total. The summed E-state index contributed by atoms with van der Waals surface area (Å²) in [4.78, 5) is 2.69. The van der Waals surface area contributed by atoms with Gasteiger partial charge in [-0.15, -0.1) is 29.7 Å². The molecule has 1 N–H and O–H groups in total. The highest BCUT2D eigenvalue weighted by molar-refractivity contribution is 7.99. The van der Waals surface area contributed by atoms with Crippen LogP contribution in [0.25, 0.3) is 0 Å². The lowest BCUT2D eigenvalue weighted by Gasteiger charge is -2.10. The zero-order valence-corrected chi connectivity index (χ0v) is 12.1. The third-order valence-corrected chi connectivity index (χ3v) is 4.74. The molecule has 1 heterocycles. The minimum atomic E-state index is 0.898. The fourth-order valence-corrected chi connectivity index (χ4v) is 3.26. The van der Waals surface area contributed by atoms with Crippen molar-refractivity contribution in [2.24, 2.45) is 0 Å². The molecule has 0 aliphatic rings. The Labute approximate surface area is 117 Å². The van der Waals surface area contributed by atoms with Crippen LogP contribution in [0.4, 0.5) is 5.69 Å². The topological polar surface area (TPSA) is 12.0 Å². The smallest absolute Gasteiger partial charge is 0.0497 e. The van der Waals surface area contributed by atoms with E-state index in [1.54, 1.807) is 0 Å². The summed E-state index contributed by atoms with van der Waals surface area (Å²) >= 11 is 3.62.